The molecule has 26 heavy (non-hydrogen) atoms. The van der Waals surface area contributed by atoms with Gasteiger partial charge in [0.25, 0.3) is 5.56 Å². The molecule has 6 nitrogen and oxygen atoms in total. The molecule has 1 N–H and O–H groups in total. The third-order valence-electron chi connectivity index (χ3n) is 5.27. The lowest BCUT2D eigenvalue weighted by atomic mass is 9.96. The highest BCUT2D eigenvalue weighted by Gasteiger charge is 2.53. The number of benzene rings is 1. The molecule has 1 saturated carbocycles. The van der Waals surface area contributed by atoms with E-state index in [2.05, 4.69) is 10.2 Å². The van der Waals surface area contributed by atoms with Crippen LogP contribution in [0.15, 0.2) is 29.2 Å². The Bertz CT molecular complexity index is 941. The summed E-state index contributed by atoms with van der Waals surface area (Å²) in [5, 5.41) is 6.08. The molecule has 0 bridgehead atoms. The SMILES string of the molecule is Cc1cc(F)ccc1C1(N2CCN(c3cn[nH]c(=O)c3Cl)CC2=O)CC1. The van der Waals surface area contributed by atoms with Crippen molar-refractivity contribution in [3.05, 3.63) is 56.7 Å². The topological polar surface area (TPSA) is 69.3 Å². The van der Waals surface area contributed by atoms with Crippen molar-refractivity contribution in [2.45, 2.75) is 25.3 Å². The van der Waals surface area contributed by atoms with E-state index < -0.39 is 5.56 Å². The van der Waals surface area contributed by atoms with Crippen LogP contribution in [0.5, 0.6) is 0 Å². The second kappa shape index (κ2) is 6.09. The Morgan fingerprint density at radius 1 is 1.27 bits per heavy atom. The van der Waals surface area contributed by atoms with Crippen LogP contribution < -0.4 is 10.5 Å². The summed E-state index contributed by atoms with van der Waals surface area (Å²) in [4.78, 5) is 28.2. The van der Waals surface area contributed by atoms with Crippen molar-refractivity contribution in [2.75, 3.05) is 24.5 Å². The molecule has 2 fully saturated rings. The number of hydrogen-bond donors (Lipinski definition) is 1. The van der Waals surface area contributed by atoms with E-state index in [4.69, 9.17) is 11.6 Å². The maximum absolute atomic E-state index is 13.5. The number of carbonyl (C=O) groups excluding carboxylic acids is 1. The predicted octanol–water partition coefficient (Wildman–Crippen LogP) is 2.21. The van der Waals surface area contributed by atoms with Crippen molar-refractivity contribution in [3.8, 4) is 0 Å². The molecule has 136 valence electrons. The minimum atomic E-state index is -0.473. The fourth-order valence-electron chi connectivity index (χ4n) is 3.88. The number of anilines is 1. The van der Waals surface area contributed by atoms with E-state index in [1.165, 1.54) is 18.3 Å². The largest absolute Gasteiger partial charge is 0.358 e. The standard InChI is InChI=1S/C18H18ClFN4O2/c1-11-8-12(20)2-3-13(11)18(4-5-18)24-7-6-23(10-15(24)25)14-9-21-22-17(26)16(14)19/h2-3,8-9H,4-7,10H2,1H3,(H,22,26). The maximum atomic E-state index is 13.5. The number of nitrogens with zero attached hydrogens (tertiary/aromatic N) is 3. The van der Waals surface area contributed by atoms with Gasteiger partial charge in [-0.05, 0) is 43.0 Å². The number of halogens is 2. The number of piperazine rings is 1. The highest BCUT2D eigenvalue weighted by Crippen LogP contribution is 2.52. The molecule has 1 saturated heterocycles. The average molecular weight is 377 g/mol. The first kappa shape index (κ1) is 17.0. The number of amides is 1. The first-order valence-electron chi connectivity index (χ1n) is 8.47. The number of hydrogen-bond acceptors (Lipinski definition) is 4. The second-order valence-corrected chi connectivity index (χ2v) is 7.23. The molecule has 1 aromatic heterocycles. The molecule has 0 unspecified atom stereocenters. The van der Waals surface area contributed by atoms with Crippen LogP contribution in [0.4, 0.5) is 10.1 Å². The van der Waals surface area contributed by atoms with E-state index in [0.717, 1.165) is 24.0 Å². The van der Waals surface area contributed by atoms with E-state index in [9.17, 15) is 14.0 Å². The van der Waals surface area contributed by atoms with Gasteiger partial charge < -0.3 is 9.80 Å². The Morgan fingerprint density at radius 2 is 2.04 bits per heavy atom. The molecule has 1 aliphatic carbocycles. The summed E-state index contributed by atoms with van der Waals surface area (Å²) in [6.07, 6.45) is 3.21. The normalized spacial score (nSPS) is 19.0. The van der Waals surface area contributed by atoms with E-state index in [-0.39, 0.29) is 28.8 Å². The van der Waals surface area contributed by atoms with Gasteiger partial charge in [-0.25, -0.2) is 9.49 Å². The monoisotopic (exact) mass is 376 g/mol. The fraction of sp³-hybridized carbons (Fsp3) is 0.389. The smallest absolute Gasteiger partial charge is 0.285 e. The molecular weight excluding hydrogens is 359 g/mol. The van der Waals surface area contributed by atoms with Crippen molar-refractivity contribution < 1.29 is 9.18 Å². The van der Waals surface area contributed by atoms with Gasteiger partial charge in [0.2, 0.25) is 5.91 Å². The Hall–Kier alpha value is -2.41. The van der Waals surface area contributed by atoms with Crippen LogP contribution in [-0.2, 0) is 10.3 Å². The summed E-state index contributed by atoms with van der Waals surface area (Å²) in [5.74, 6) is -0.302. The van der Waals surface area contributed by atoms with E-state index in [1.807, 2.05) is 11.8 Å². The van der Waals surface area contributed by atoms with Gasteiger partial charge in [-0.15, -0.1) is 0 Å². The minimum Gasteiger partial charge on any atom is -0.358 e. The Morgan fingerprint density at radius 3 is 2.69 bits per heavy atom. The molecule has 1 aromatic carbocycles. The zero-order valence-corrected chi connectivity index (χ0v) is 15.0. The zero-order chi connectivity index (χ0) is 18.5. The number of carbonyl (C=O) groups is 1. The molecule has 0 radical (unpaired) electrons. The van der Waals surface area contributed by atoms with Crippen LogP contribution in [0.25, 0.3) is 0 Å². The second-order valence-electron chi connectivity index (χ2n) is 6.86. The first-order valence-corrected chi connectivity index (χ1v) is 8.85. The molecule has 2 aromatic rings. The van der Waals surface area contributed by atoms with Crippen LogP contribution >= 0.6 is 11.6 Å². The fourth-order valence-corrected chi connectivity index (χ4v) is 4.09. The third kappa shape index (κ3) is 2.67. The highest BCUT2D eigenvalue weighted by molar-refractivity contribution is 6.33. The summed E-state index contributed by atoms with van der Waals surface area (Å²) in [6.45, 7) is 3.07. The van der Waals surface area contributed by atoms with Gasteiger partial charge in [0, 0.05) is 13.1 Å². The first-order chi connectivity index (χ1) is 12.4. The highest BCUT2D eigenvalue weighted by atomic mass is 35.5. The number of H-pyrrole nitrogens is 1. The minimum absolute atomic E-state index is 0.0335. The lowest BCUT2D eigenvalue weighted by molar-refractivity contribution is -0.134. The van der Waals surface area contributed by atoms with Crippen molar-refractivity contribution in [1.82, 2.24) is 15.1 Å². The van der Waals surface area contributed by atoms with Crippen molar-refractivity contribution in [1.29, 1.82) is 0 Å². The summed E-state index contributed by atoms with van der Waals surface area (Å²) in [5.41, 5.74) is 1.53. The predicted molar refractivity (Wildman–Crippen MR) is 95.8 cm³/mol. The summed E-state index contributed by atoms with van der Waals surface area (Å²) in [7, 11) is 0. The molecule has 2 heterocycles. The van der Waals surface area contributed by atoms with E-state index >= 15 is 0 Å². The lowest BCUT2D eigenvalue weighted by Gasteiger charge is -2.41. The molecule has 2 aliphatic rings. The van der Waals surface area contributed by atoms with Gasteiger partial charge in [-0.2, -0.15) is 5.10 Å². The summed E-state index contributed by atoms with van der Waals surface area (Å²) in [6, 6.07) is 4.75. The molecule has 0 spiro atoms. The van der Waals surface area contributed by atoms with Gasteiger partial charge in [0.1, 0.15) is 10.8 Å². The van der Waals surface area contributed by atoms with Gasteiger partial charge in [0.15, 0.2) is 0 Å². The van der Waals surface area contributed by atoms with Gasteiger partial charge >= 0.3 is 0 Å². The van der Waals surface area contributed by atoms with Gasteiger partial charge in [-0.1, -0.05) is 17.7 Å². The van der Waals surface area contributed by atoms with E-state index in [0.29, 0.717) is 18.8 Å². The molecule has 8 heteroatoms. The molecular formula is C18H18ClFN4O2. The maximum Gasteiger partial charge on any atom is 0.285 e. The van der Waals surface area contributed by atoms with Crippen molar-refractivity contribution in [2.24, 2.45) is 0 Å². The van der Waals surface area contributed by atoms with Crippen LogP contribution in [0.3, 0.4) is 0 Å². The number of aromatic amines is 1. The van der Waals surface area contributed by atoms with Gasteiger partial charge in [0.05, 0.1) is 24.0 Å². The quantitative estimate of drug-likeness (QED) is 0.891. The molecule has 1 aliphatic heterocycles. The lowest BCUT2D eigenvalue weighted by Crippen LogP contribution is -2.54. The number of rotatable bonds is 3. The number of aryl methyl sites for hydroxylation is 1. The molecule has 4 rings (SSSR count). The molecule has 1 amide bonds. The average Bonchev–Trinajstić information content (AvgIpc) is 3.38. The van der Waals surface area contributed by atoms with Crippen LogP contribution in [0, 0.1) is 12.7 Å². The Balaban J connectivity index is 1.59. The molecule has 0 atom stereocenters. The Kier molecular flexibility index (Phi) is 3.99. The van der Waals surface area contributed by atoms with Crippen LogP contribution in [-0.4, -0.2) is 40.6 Å². The van der Waals surface area contributed by atoms with Crippen LogP contribution in [0.1, 0.15) is 24.0 Å². The zero-order valence-electron chi connectivity index (χ0n) is 14.3. The van der Waals surface area contributed by atoms with Crippen LogP contribution in [0.2, 0.25) is 5.02 Å². The number of aromatic nitrogens is 2. The third-order valence-corrected chi connectivity index (χ3v) is 5.63. The summed E-state index contributed by atoms with van der Waals surface area (Å²) >= 11 is 6.06. The number of nitrogens with one attached hydrogen (secondary N) is 1. The van der Waals surface area contributed by atoms with Crippen molar-refractivity contribution >= 4 is 23.2 Å². The van der Waals surface area contributed by atoms with Gasteiger partial charge in [-0.3, -0.25) is 9.59 Å². The van der Waals surface area contributed by atoms with Crippen molar-refractivity contribution in [3.63, 3.8) is 0 Å². The van der Waals surface area contributed by atoms with E-state index in [1.54, 1.807) is 11.0 Å². The summed E-state index contributed by atoms with van der Waals surface area (Å²) < 4.78 is 13.5. The Labute approximate surface area is 154 Å².